The first-order valence-electron chi connectivity index (χ1n) is 6.76. The van der Waals surface area contributed by atoms with Gasteiger partial charge in [-0.15, -0.1) is 0 Å². The summed E-state index contributed by atoms with van der Waals surface area (Å²) in [6, 6.07) is 9.86. The SMILES string of the molecule is COc1cc2nccc(Oc3ccc(Br)c(F)c3)c2cc1OC. The van der Waals surface area contributed by atoms with Gasteiger partial charge in [0.2, 0.25) is 0 Å². The monoisotopic (exact) mass is 377 g/mol. The molecule has 23 heavy (non-hydrogen) atoms. The summed E-state index contributed by atoms with van der Waals surface area (Å²) in [4.78, 5) is 4.30. The Bertz CT molecular complexity index is 870. The largest absolute Gasteiger partial charge is 0.493 e. The zero-order chi connectivity index (χ0) is 16.4. The Morgan fingerprint density at radius 2 is 1.70 bits per heavy atom. The molecule has 0 radical (unpaired) electrons. The van der Waals surface area contributed by atoms with Gasteiger partial charge in [0.05, 0.1) is 24.2 Å². The molecular weight excluding hydrogens is 365 g/mol. The second-order valence-corrected chi connectivity index (χ2v) is 5.57. The number of ether oxygens (including phenoxy) is 3. The fourth-order valence-electron chi connectivity index (χ4n) is 2.20. The first-order chi connectivity index (χ1) is 11.1. The molecule has 3 aromatic rings. The number of rotatable bonds is 4. The normalized spacial score (nSPS) is 10.6. The van der Waals surface area contributed by atoms with Gasteiger partial charge in [0, 0.05) is 23.7 Å². The molecule has 0 N–H and O–H groups in total. The van der Waals surface area contributed by atoms with Gasteiger partial charge in [0.1, 0.15) is 17.3 Å². The number of aromatic nitrogens is 1. The first kappa shape index (κ1) is 15.6. The van der Waals surface area contributed by atoms with Gasteiger partial charge in [0.15, 0.2) is 11.5 Å². The number of nitrogens with zero attached hydrogens (tertiary/aromatic N) is 1. The van der Waals surface area contributed by atoms with E-state index in [4.69, 9.17) is 14.2 Å². The number of hydrogen-bond acceptors (Lipinski definition) is 4. The van der Waals surface area contributed by atoms with Crippen molar-refractivity contribution in [3.8, 4) is 23.0 Å². The lowest BCUT2D eigenvalue weighted by molar-refractivity contribution is 0.355. The van der Waals surface area contributed by atoms with E-state index in [9.17, 15) is 4.39 Å². The Hall–Kier alpha value is -2.34. The Labute approximate surface area is 140 Å². The van der Waals surface area contributed by atoms with Crippen LogP contribution in [0, 0.1) is 5.82 Å². The van der Waals surface area contributed by atoms with Crippen molar-refractivity contribution in [2.75, 3.05) is 14.2 Å². The van der Waals surface area contributed by atoms with Crippen LogP contribution in [0.15, 0.2) is 47.1 Å². The van der Waals surface area contributed by atoms with E-state index in [0.29, 0.717) is 33.0 Å². The van der Waals surface area contributed by atoms with Gasteiger partial charge in [-0.1, -0.05) is 0 Å². The lowest BCUT2D eigenvalue weighted by Gasteiger charge is -2.12. The van der Waals surface area contributed by atoms with Crippen molar-refractivity contribution >= 4 is 26.8 Å². The van der Waals surface area contributed by atoms with Gasteiger partial charge in [0.25, 0.3) is 0 Å². The van der Waals surface area contributed by atoms with E-state index in [1.54, 1.807) is 50.7 Å². The van der Waals surface area contributed by atoms with E-state index in [0.717, 1.165) is 5.39 Å². The highest BCUT2D eigenvalue weighted by Crippen LogP contribution is 2.37. The van der Waals surface area contributed by atoms with Crippen molar-refractivity contribution in [2.24, 2.45) is 0 Å². The molecule has 118 valence electrons. The molecule has 0 spiro atoms. The highest BCUT2D eigenvalue weighted by Gasteiger charge is 2.12. The molecule has 0 aliphatic carbocycles. The van der Waals surface area contributed by atoms with E-state index in [1.807, 2.05) is 0 Å². The predicted molar refractivity (Wildman–Crippen MR) is 89.0 cm³/mol. The second kappa shape index (κ2) is 6.42. The molecule has 3 rings (SSSR count). The van der Waals surface area contributed by atoms with E-state index in [-0.39, 0.29) is 5.82 Å². The Balaban J connectivity index is 2.08. The Morgan fingerprint density at radius 3 is 2.39 bits per heavy atom. The van der Waals surface area contributed by atoms with Crippen LogP contribution in [0.2, 0.25) is 0 Å². The average Bonchev–Trinajstić information content (AvgIpc) is 2.57. The maximum Gasteiger partial charge on any atom is 0.162 e. The molecule has 0 amide bonds. The third kappa shape index (κ3) is 3.07. The second-order valence-electron chi connectivity index (χ2n) is 4.71. The molecule has 0 atom stereocenters. The van der Waals surface area contributed by atoms with E-state index in [2.05, 4.69) is 20.9 Å². The van der Waals surface area contributed by atoms with Crippen LogP contribution in [0.25, 0.3) is 10.9 Å². The number of pyridine rings is 1. The van der Waals surface area contributed by atoms with E-state index >= 15 is 0 Å². The highest BCUT2D eigenvalue weighted by atomic mass is 79.9. The van der Waals surface area contributed by atoms with Crippen LogP contribution in [0.3, 0.4) is 0 Å². The summed E-state index contributed by atoms with van der Waals surface area (Å²) in [6.45, 7) is 0. The topological polar surface area (TPSA) is 40.6 Å². The van der Waals surface area contributed by atoms with Gasteiger partial charge >= 0.3 is 0 Å². The van der Waals surface area contributed by atoms with Crippen LogP contribution in [-0.4, -0.2) is 19.2 Å². The van der Waals surface area contributed by atoms with Crippen LogP contribution in [0.1, 0.15) is 0 Å². The highest BCUT2D eigenvalue weighted by molar-refractivity contribution is 9.10. The summed E-state index contributed by atoms with van der Waals surface area (Å²) in [5.74, 6) is 1.71. The molecule has 4 nitrogen and oxygen atoms in total. The molecule has 0 saturated carbocycles. The van der Waals surface area contributed by atoms with Crippen LogP contribution < -0.4 is 14.2 Å². The Kier molecular flexibility index (Phi) is 4.34. The van der Waals surface area contributed by atoms with Gasteiger partial charge in [-0.05, 0) is 40.2 Å². The summed E-state index contributed by atoms with van der Waals surface area (Å²) in [7, 11) is 3.12. The Morgan fingerprint density at radius 1 is 0.957 bits per heavy atom. The fraction of sp³-hybridized carbons (Fsp3) is 0.118. The average molecular weight is 378 g/mol. The third-order valence-electron chi connectivity index (χ3n) is 3.33. The zero-order valence-electron chi connectivity index (χ0n) is 12.5. The molecule has 6 heteroatoms. The van der Waals surface area contributed by atoms with Crippen molar-refractivity contribution in [1.29, 1.82) is 0 Å². The number of methoxy groups -OCH3 is 2. The van der Waals surface area contributed by atoms with Crippen molar-refractivity contribution in [2.45, 2.75) is 0 Å². The lowest BCUT2D eigenvalue weighted by atomic mass is 10.2. The summed E-state index contributed by atoms with van der Waals surface area (Å²) >= 11 is 3.12. The molecule has 1 aromatic heterocycles. The first-order valence-corrected chi connectivity index (χ1v) is 7.55. The van der Waals surface area contributed by atoms with Crippen LogP contribution in [0.4, 0.5) is 4.39 Å². The minimum Gasteiger partial charge on any atom is -0.493 e. The molecule has 0 aliphatic rings. The molecule has 2 aromatic carbocycles. The number of hydrogen-bond donors (Lipinski definition) is 0. The molecular formula is C17H13BrFNO3. The summed E-state index contributed by atoms with van der Waals surface area (Å²) in [5, 5.41) is 0.744. The molecule has 0 aliphatic heterocycles. The predicted octanol–water partition coefficient (Wildman–Crippen LogP) is 4.95. The minimum absolute atomic E-state index is 0.385. The quantitative estimate of drug-likeness (QED) is 0.645. The number of benzene rings is 2. The number of halogens is 2. The minimum atomic E-state index is -0.389. The summed E-state index contributed by atoms with van der Waals surface area (Å²) in [5.41, 5.74) is 0.692. The maximum atomic E-state index is 13.6. The van der Waals surface area contributed by atoms with E-state index < -0.39 is 0 Å². The third-order valence-corrected chi connectivity index (χ3v) is 3.97. The van der Waals surface area contributed by atoms with Crippen LogP contribution in [-0.2, 0) is 0 Å². The van der Waals surface area contributed by atoms with Crippen LogP contribution in [0.5, 0.6) is 23.0 Å². The van der Waals surface area contributed by atoms with Gasteiger partial charge in [-0.3, -0.25) is 4.98 Å². The lowest BCUT2D eigenvalue weighted by Crippen LogP contribution is -1.93. The summed E-state index contributed by atoms with van der Waals surface area (Å²) < 4.78 is 30.4. The van der Waals surface area contributed by atoms with Crippen molar-refractivity contribution in [1.82, 2.24) is 4.98 Å². The molecule has 1 heterocycles. The zero-order valence-corrected chi connectivity index (χ0v) is 14.1. The van der Waals surface area contributed by atoms with Crippen molar-refractivity contribution < 1.29 is 18.6 Å². The van der Waals surface area contributed by atoms with Gasteiger partial charge in [-0.25, -0.2) is 4.39 Å². The van der Waals surface area contributed by atoms with Gasteiger partial charge < -0.3 is 14.2 Å². The maximum absolute atomic E-state index is 13.6. The molecule has 0 bridgehead atoms. The van der Waals surface area contributed by atoms with Gasteiger partial charge in [-0.2, -0.15) is 0 Å². The molecule has 0 saturated heterocycles. The van der Waals surface area contributed by atoms with Crippen molar-refractivity contribution in [3.05, 3.63) is 52.9 Å². The van der Waals surface area contributed by atoms with Crippen molar-refractivity contribution in [3.63, 3.8) is 0 Å². The number of fused-ring (bicyclic) bond motifs is 1. The smallest absolute Gasteiger partial charge is 0.162 e. The fourth-order valence-corrected chi connectivity index (χ4v) is 2.45. The standard InChI is InChI=1S/C17H13BrFNO3/c1-21-16-8-11-14(9-17(16)22-2)20-6-5-15(11)23-10-3-4-12(18)13(19)7-10/h3-9H,1-2H3. The molecule has 0 fully saturated rings. The molecule has 0 unspecified atom stereocenters. The van der Waals surface area contributed by atoms with Crippen LogP contribution >= 0.6 is 15.9 Å². The van der Waals surface area contributed by atoms with E-state index in [1.165, 1.54) is 6.07 Å². The summed E-state index contributed by atoms with van der Waals surface area (Å²) in [6.07, 6.45) is 1.62.